The second-order valence-corrected chi connectivity index (χ2v) is 8.42. The molecule has 1 aliphatic carbocycles. The largest absolute Gasteiger partial charge is 0.495 e. The minimum Gasteiger partial charge on any atom is -0.495 e. The molecule has 130 valence electrons. The Kier molecular flexibility index (Phi) is 6.09. The van der Waals surface area contributed by atoms with Gasteiger partial charge in [-0.2, -0.15) is 4.31 Å². The van der Waals surface area contributed by atoms with Crippen LogP contribution in [-0.2, 0) is 10.0 Å². The maximum Gasteiger partial charge on any atom is 0.247 e. The zero-order chi connectivity index (χ0) is 17.0. The number of ether oxygens (including phenoxy) is 1. The Labute approximate surface area is 140 Å². The van der Waals surface area contributed by atoms with E-state index < -0.39 is 10.0 Å². The fourth-order valence-electron chi connectivity index (χ4n) is 3.37. The van der Waals surface area contributed by atoms with Crippen molar-refractivity contribution >= 4 is 10.0 Å². The Morgan fingerprint density at radius 3 is 2.39 bits per heavy atom. The third-order valence-corrected chi connectivity index (χ3v) is 6.78. The minimum atomic E-state index is -3.54. The first-order valence-electron chi connectivity index (χ1n) is 8.61. The number of hydrogen-bond acceptors (Lipinski definition) is 3. The molecule has 0 N–H and O–H groups in total. The van der Waals surface area contributed by atoms with Crippen LogP contribution in [0.2, 0.25) is 0 Å². The normalized spacial score (nSPS) is 17.0. The van der Waals surface area contributed by atoms with Crippen molar-refractivity contribution in [3.63, 3.8) is 0 Å². The zero-order valence-corrected chi connectivity index (χ0v) is 15.5. The van der Waals surface area contributed by atoms with Crippen LogP contribution in [0.1, 0.15) is 64.4 Å². The van der Waals surface area contributed by atoms with Crippen LogP contribution in [0.3, 0.4) is 0 Å². The number of rotatable bonds is 6. The summed E-state index contributed by atoms with van der Waals surface area (Å²) in [5, 5.41) is 0. The second kappa shape index (κ2) is 7.67. The molecule has 4 nitrogen and oxygen atoms in total. The summed E-state index contributed by atoms with van der Waals surface area (Å²) in [7, 11) is -2.01. The first-order chi connectivity index (χ1) is 10.9. The molecule has 0 heterocycles. The number of sulfonamides is 1. The molecular weight excluding hydrogens is 310 g/mol. The second-order valence-electron chi connectivity index (χ2n) is 6.57. The van der Waals surface area contributed by atoms with Crippen LogP contribution in [0.15, 0.2) is 23.1 Å². The van der Waals surface area contributed by atoms with E-state index in [0.29, 0.717) is 17.2 Å². The summed E-state index contributed by atoms with van der Waals surface area (Å²) in [6.45, 7) is 6.56. The third-order valence-electron chi connectivity index (χ3n) is 4.73. The summed E-state index contributed by atoms with van der Waals surface area (Å²) in [4.78, 5) is 0.304. The van der Waals surface area contributed by atoms with E-state index >= 15 is 0 Å². The van der Waals surface area contributed by atoms with Gasteiger partial charge in [-0.1, -0.05) is 46.1 Å². The highest BCUT2D eigenvalue weighted by molar-refractivity contribution is 7.89. The van der Waals surface area contributed by atoms with Gasteiger partial charge in [0.1, 0.15) is 10.6 Å². The van der Waals surface area contributed by atoms with Crippen LogP contribution in [0, 0.1) is 0 Å². The van der Waals surface area contributed by atoms with Crippen LogP contribution in [-0.4, -0.2) is 32.4 Å². The fourth-order valence-corrected chi connectivity index (χ4v) is 5.26. The number of methoxy groups -OCH3 is 1. The maximum absolute atomic E-state index is 13.3. The molecule has 0 amide bonds. The average Bonchev–Trinajstić information content (AvgIpc) is 2.55. The summed E-state index contributed by atoms with van der Waals surface area (Å²) >= 11 is 0. The number of benzene rings is 1. The van der Waals surface area contributed by atoms with Crippen LogP contribution >= 0.6 is 0 Å². The van der Waals surface area contributed by atoms with Crippen molar-refractivity contribution in [3.8, 4) is 5.75 Å². The van der Waals surface area contributed by atoms with Gasteiger partial charge in [0.05, 0.1) is 7.11 Å². The molecule has 1 fully saturated rings. The van der Waals surface area contributed by atoms with Gasteiger partial charge in [0.2, 0.25) is 10.0 Å². The standard InChI is InChI=1S/C18H29NO3S/c1-5-19(16-9-7-6-8-10-16)23(20,21)18-13-15(14(2)3)11-12-17(18)22-4/h11-14,16H,5-10H2,1-4H3. The lowest BCUT2D eigenvalue weighted by Gasteiger charge is -2.33. The Morgan fingerprint density at radius 2 is 1.87 bits per heavy atom. The lowest BCUT2D eigenvalue weighted by Crippen LogP contribution is -2.41. The van der Waals surface area contributed by atoms with Gasteiger partial charge in [0.15, 0.2) is 0 Å². The van der Waals surface area contributed by atoms with Crippen molar-refractivity contribution in [2.75, 3.05) is 13.7 Å². The van der Waals surface area contributed by atoms with E-state index in [4.69, 9.17) is 4.74 Å². The molecule has 1 aromatic carbocycles. The van der Waals surface area contributed by atoms with Crippen LogP contribution in [0.5, 0.6) is 5.75 Å². The average molecular weight is 340 g/mol. The molecule has 0 bridgehead atoms. The van der Waals surface area contributed by atoms with Crippen LogP contribution < -0.4 is 4.74 Å². The molecule has 5 heteroatoms. The fraction of sp³-hybridized carbons (Fsp3) is 0.667. The quantitative estimate of drug-likeness (QED) is 0.782. The first kappa shape index (κ1) is 18.3. The highest BCUT2D eigenvalue weighted by Crippen LogP contribution is 2.33. The Morgan fingerprint density at radius 1 is 1.22 bits per heavy atom. The minimum absolute atomic E-state index is 0.117. The van der Waals surface area contributed by atoms with E-state index in [0.717, 1.165) is 31.2 Å². The van der Waals surface area contributed by atoms with Crippen molar-refractivity contribution in [1.29, 1.82) is 0 Å². The molecule has 2 rings (SSSR count). The number of nitrogens with zero attached hydrogens (tertiary/aromatic N) is 1. The molecule has 0 saturated heterocycles. The first-order valence-corrected chi connectivity index (χ1v) is 10.1. The predicted molar refractivity (Wildman–Crippen MR) is 93.5 cm³/mol. The van der Waals surface area contributed by atoms with Crippen molar-refractivity contribution in [1.82, 2.24) is 4.31 Å². The van der Waals surface area contributed by atoms with Crippen molar-refractivity contribution in [2.45, 2.75) is 69.7 Å². The monoisotopic (exact) mass is 339 g/mol. The van der Waals surface area contributed by atoms with E-state index in [9.17, 15) is 8.42 Å². The van der Waals surface area contributed by atoms with Crippen LogP contribution in [0.25, 0.3) is 0 Å². The summed E-state index contributed by atoms with van der Waals surface area (Å²) < 4.78 is 33.5. The molecule has 0 spiro atoms. The van der Waals surface area contributed by atoms with E-state index in [-0.39, 0.29) is 12.0 Å². The van der Waals surface area contributed by atoms with Crippen molar-refractivity contribution in [3.05, 3.63) is 23.8 Å². The molecule has 1 saturated carbocycles. The maximum atomic E-state index is 13.3. The molecule has 1 aliphatic rings. The molecule has 0 aromatic heterocycles. The highest BCUT2D eigenvalue weighted by atomic mass is 32.2. The summed E-state index contributed by atoms with van der Waals surface area (Å²) in [6, 6.07) is 5.62. The van der Waals surface area contributed by atoms with Crippen molar-refractivity contribution in [2.24, 2.45) is 0 Å². The molecule has 1 aromatic rings. The Bertz CT molecular complexity index is 619. The van der Waals surface area contributed by atoms with Crippen LogP contribution in [0.4, 0.5) is 0 Å². The smallest absolute Gasteiger partial charge is 0.247 e. The molecule has 0 atom stereocenters. The molecule has 0 unspecified atom stereocenters. The van der Waals surface area contributed by atoms with Gasteiger partial charge < -0.3 is 4.74 Å². The SMILES string of the molecule is CCN(C1CCCCC1)S(=O)(=O)c1cc(C(C)C)ccc1OC. The predicted octanol–water partition coefficient (Wildman–Crippen LogP) is 4.16. The van der Waals surface area contributed by atoms with E-state index in [2.05, 4.69) is 13.8 Å². The molecule has 0 aliphatic heterocycles. The van der Waals surface area contributed by atoms with Crippen molar-refractivity contribution < 1.29 is 13.2 Å². The van der Waals surface area contributed by atoms with Gasteiger partial charge in [-0.05, 0) is 36.5 Å². The summed E-state index contributed by atoms with van der Waals surface area (Å²) in [5.41, 5.74) is 1.02. The highest BCUT2D eigenvalue weighted by Gasteiger charge is 2.33. The number of hydrogen-bond donors (Lipinski definition) is 0. The van der Waals surface area contributed by atoms with Gasteiger partial charge in [0.25, 0.3) is 0 Å². The van der Waals surface area contributed by atoms with E-state index in [1.807, 2.05) is 13.0 Å². The topological polar surface area (TPSA) is 46.6 Å². The van der Waals surface area contributed by atoms with Gasteiger partial charge in [-0.3, -0.25) is 0 Å². The summed E-state index contributed by atoms with van der Waals surface area (Å²) in [5.74, 6) is 0.711. The van der Waals surface area contributed by atoms with Gasteiger partial charge in [-0.15, -0.1) is 0 Å². The van der Waals surface area contributed by atoms with E-state index in [1.165, 1.54) is 13.5 Å². The van der Waals surface area contributed by atoms with E-state index in [1.54, 1.807) is 16.4 Å². The third kappa shape index (κ3) is 3.89. The van der Waals surface area contributed by atoms with Gasteiger partial charge in [-0.25, -0.2) is 8.42 Å². The summed E-state index contributed by atoms with van der Waals surface area (Å²) in [6.07, 6.45) is 5.35. The van der Waals surface area contributed by atoms with Gasteiger partial charge >= 0.3 is 0 Å². The Hall–Kier alpha value is -1.07. The molecule has 23 heavy (non-hydrogen) atoms. The zero-order valence-electron chi connectivity index (χ0n) is 14.7. The Balaban J connectivity index is 2.45. The van der Waals surface area contributed by atoms with Gasteiger partial charge in [0, 0.05) is 12.6 Å². The molecule has 0 radical (unpaired) electrons. The molecular formula is C18H29NO3S. The lowest BCUT2D eigenvalue weighted by atomic mass is 9.95. The lowest BCUT2D eigenvalue weighted by molar-refractivity contribution is 0.260.